The van der Waals surface area contributed by atoms with Crippen LogP contribution in [0.3, 0.4) is 0 Å². The minimum Gasteiger partial charge on any atom is -0.390 e. The Bertz CT molecular complexity index is 396. The van der Waals surface area contributed by atoms with E-state index < -0.39 is 24.6 Å². The van der Waals surface area contributed by atoms with E-state index in [-0.39, 0.29) is 10.2 Å². The molecule has 0 atom stereocenters. The Morgan fingerprint density at radius 2 is 2.33 bits per heavy atom. The number of hydrogen-bond acceptors (Lipinski definition) is 4. The molecule has 0 saturated carbocycles. The summed E-state index contributed by atoms with van der Waals surface area (Å²) in [5.74, 6) is -3.23. The van der Waals surface area contributed by atoms with Gasteiger partial charge in [-0.3, -0.25) is 4.79 Å². The van der Waals surface area contributed by atoms with Gasteiger partial charge >= 0.3 is 0 Å². The molecule has 0 amide bonds. The highest BCUT2D eigenvalue weighted by molar-refractivity contribution is 9.10. The fourth-order valence-corrected chi connectivity index (χ4v) is 1.12. The van der Waals surface area contributed by atoms with Gasteiger partial charge in [0, 0.05) is 0 Å². The summed E-state index contributed by atoms with van der Waals surface area (Å²) in [7, 11) is 0. The van der Waals surface area contributed by atoms with Crippen LogP contribution in [0, 0.1) is 0 Å². The molecule has 0 radical (unpaired) electrons. The molecule has 0 fully saturated rings. The van der Waals surface area contributed by atoms with Gasteiger partial charge in [-0.25, -0.2) is 13.9 Å². The molecule has 8 heteroatoms. The number of rotatable bonds is 4. The molecule has 0 aliphatic carbocycles. The summed E-state index contributed by atoms with van der Waals surface area (Å²) < 4.78 is 25.4. The summed E-state index contributed by atoms with van der Waals surface area (Å²) in [6.07, 6.45) is 1.19. The first-order valence-electron chi connectivity index (χ1n) is 3.92. The first-order valence-corrected chi connectivity index (χ1v) is 4.71. The van der Waals surface area contributed by atoms with Gasteiger partial charge in [-0.15, -0.1) is 0 Å². The van der Waals surface area contributed by atoms with Crippen LogP contribution >= 0.6 is 15.9 Å². The van der Waals surface area contributed by atoms with Crippen LogP contribution in [0.15, 0.2) is 15.5 Å². The molecule has 1 heterocycles. The summed E-state index contributed by atoms with van der Waals surface area (Å²) in [6, 6.07) is 0. The highest BCUT2D eigenvalue weighted by Gasteiger charge is 2.27. The van der Waals surface area contributed by atoms with Gasteiger partial charge in [0.2, 0.25) is 0 Å². The van der Waals surface area contributed by atoms with Crippen LogP contribution in [-0.4, -0.2) is 34.4 Å². The molecule has 0 aliphatic rings. The number of aliphatic hydroxyl groups is 1. The Morgan fingerprint density at radius 3 is 2.93 bits per heavy atom. The van der Waals surface area contributed by atoms with E-state index in [1.165, 1.54) is 6.20 Å². The van der Waals surface area contributed by atoms with Crippen molar-refractivity contribution in [3.63, 3.8) is 0 Å². The number of aromatic nitrogens is 2. The first kappa shape index (κ1) is 12.1. The first-order chi connectivity index (χ1) is 6.96. The van der Waals surface area contributed by atoms with Crippen molar-refractivity contribution in [2.45, 2.75) is 5.92 Å². The molecular formula is C7H8BrF2N3O2. The van der Waals surface area contributed by atoms with Gasteiger partial charge in [-0.1, -0.05) is 0 Å². The monoisotopic (exact) mass is 283 g/mol. The Hall–Kier alpha value is -1.02. The highest BCUT2D eigenvalue weighted by atomic mass is 79.9. The second-order valence-corrected chi connectivity index (χ2v) is 3.59. The molecular weight excluding hydrogens is 276 g/mol. The summed E-state index contributed by atoms with van der Waals surface area (Å²) >= 11 is 2.92. The van der Waals surface area contributed by atoms with E-state index in [1.807, 2.05) is 0 Å². The zero-order valence-electron chi connectivity index (χ0n) is 7.43. The molecule has 0 spiro atoms. The number of aliphatic hydroxyl groups excluding tert-OH is 1. The number of halogens is 3. The summed E-state index contributed by atoms with van der Waals surface area (Å²) in [4.78, 5) is 11.0. The van der Waals surface area contributed by atoms with Crippen molar-refractivity contribution in [2.75, 3.05) is 18.5 Å². The predicted molar refractivity (Wildman–Crippen MR) is 53.1 cm³/mol. The molecule has 3 N–H and O–H groups in total. The third kappa shape index (κ3) is 3.24. The van der Waals surface area contributed by atoms with Crippen LogP contribution in [-0.2, 0) is 0 Å². The maximum Gasteiger partial charge on any atom is 0.287 e. The van der Waals surface area contributed by atoms with Crippen molar-refractivity contribution in [2.24, 2.45) is 0 Å². The van der Waals surface area contributed by atoms with Crippen LogP contribution in [0.4, 0.5) is 14.5 Å². The minimum absolute atomic E-state index is 0.0891. The lowest BCUT2D eigenvalue weighted by atomic mass is 10.3. The van der Waals surface area contributed by atoms with Gasteiger partial charge in [0.05, 0.1) is 18.4 Å². The molecule has 15 heavy (non-hydrogen) atoms. The maximum absolute atomic E-state index is 12.6. The third-order valence-electron chi connectivity index (χ3n) is 1.56. The summed E-state index contributed by atoms with van der Waals surface area (Å²) in [5, 5.41) is 16.2. The second-order valence-electron chi connectivity index (χ2n) is 2.79. The summed E-state index contributed by atoms with van der Waals surface area (Å²) in [6.45, 7) is -2.03. The lowest BCUT2D eigenvalue weighted by Gasteiger charge is -2.14. The number of nitrogens with zero attached hydrogens (tertiary/aromatic N) is 1. The van der Waals surface area contributed by atoms with Gasteiger partial charge in [0.15, 0.2) is 0 Å². The smallest absolute Gasteiger partial charge is 0.287 e. The topological polar surface area (TPSA) is 78.0 Å². The van der Waals surface area contributed by atoms with Gasteiger partial charge in [0.25, 0.3) is 11.5 Å². The average Bonchev–Trinajstić information content (AvgIpc) is 2.20. The van der Waals surface area contributed by atoms with Crippen molar-refractivity contribution in [1.82, 2.24) is 10.2 Å². The largest absolute Gasteiger partial charge is 0.390 e. The van der Waals surface area contributed by atoms with E-state index in [1.54, 1.807) is 0 Å². The quantitative estimate of drug-likeness (QED) is 0.755. The van der Waals surface area contributed by atoms with E-state index in [4.69, 9.17) is 5.11 Å². The van der Waals surface area contributed by atoms with Crippen LogP contribution in [0.5, 0.6) is 0 Å². The number of aromatic amines is 1. The van der Waals surface area contributed by atoms with Gasteiger partial charge in [0.1, 0.15) is 11.1 Å². The van der Waals surface area contributed by atoms with Crippen LogP contribution in [0.2, 0.25) is 0 Å². The van der Waals surface area contributed by atoms with Crippen LogP contribution in [0.1, 0.15) is 0 Å². The number of H-pyrrole nitrogens is 1. The van der Waals surface area contributed by atoms with E-state index in [0.29, 0.717) is 0 Å². The van der Waals surface area contributed by atoms with Crippen LogP contribution in [0.25, 0.3) is 0 Å². The van der Waals surface area contributed by atoms with E-state index in [9.17, 15) is 13.6 Å². The molecule has 0 unspecified atom stereocenters. The summed E-state index contributed by atoms with van der Waals surface area (Å²) in [5.41, 5.74) is -0.376. The Labute approximate surface area is 91.6 Å². The standard InChI is InChI=1S/C7H8BrF2N3O2/c8-5-4(1-12-13-6(5)15)11-2-7(9,10)3-14/h1,14H,2-3H2,(H2,11,13,15). The van der Waals surface area contributed by atoms with Crippen molar-refractivity contribution in [3.8, 4) is 0 Å². The lowest BCUT2D eigenvalue weighted by Crippen LogP contribution is -2.31. The fourth-order valence-electron chi connectivity index (χ4n) is 0.787. The third-order valence-corrected chi connectivity index (χ3v) is 2.35. The van der Waals surface area contributed by atoms with Crippen LogP contribution < -0.4 is 10.9 Å². The van der Waals surface area contributed by atoms with E-state index >= 15 is 0 Å². The number of alkyl halides is 2. The van der Waals surface area contributed by atoms with Crippen molar-refractivity contribution < 1.29 is 13.9 Å². The van der Waals surface area contributed by atoms with Gasteiger partial charge in [-0.05, 0) is 15.9 Å². The second kappa shape index (κ2) is 4.67. The van der Waals surface area contributed by atoms with E-state index in [2.05, 4.69) is 31.4 Å². The molecule has 1 aromatic rings. The molecule has 0 saturated heterocycles. The van der Waals surface area contributed by atoms with Crippen molar-refractivity contribution in [3.05, 3.63) is 21.0 Å². The lowest BCUT2D eigenvalue weighted by molar-refractivity contribution is -0.0373. The number of anilines is 1. The molecule has 0 aromatic carbocycles. The Morgan fingerprint density at radius 1 is 1.67 bits per heavy atom. The van der Waals surface area contributed by atoms with Gasteiger partial charge in [-0.2, -0.15) is 5.10 Å². The molecule has 84 valence electrons. The fraction of sp³-hybridized carbons (Fsp3) is 0.429. The zero-order valence-corrected chi connectivity index (χ0v) is 9.01. The SMILES string of the molecule is O=c1[nH]ncc(NCC(F)(F)CO)c1Br. The number of nitrogens with one attached hydrogen (secondary N) is 2. The molecule has 1 rings (SSSR count). The van der Waals surface area contributed by atoms with E-state index in [0.717, 1.165) is 0 Å². The minimum atomic E-state index is -3.23. The molecule has 0 aliphatic heterocycles. The van der Waals surface area contributed by atoms with Crippen molar-refractivity contribution in [1.29, 1.82) is 0 Å². The average molecular weight is 284 g/mol. The van der Waals surface area contributed by atoms with Gasteiger partial charge < -0.3 is 10.4 Å². The predicted octanol–water partition coefficient (Wildman–Crippen LogP) is 0.572. The molecule has 5 nitrogen and oxygen atoms in total. The molecule has 1 aromatic heterocycles. The number of hydrogen-bond donors (Lipinski definition) is 3. The molecule has 0 bridgehead atoms. The van der Waals surface area contributed by atoms with Crippen molar-refractivity contribution >= 4 is 21.6 Å². The normalized spacial score (nSPS) is 11.5. The zero-order chi connectivity index (χ0) is 11.5. The Balaban J connectivity index is 2.74. The maximum atomic E-state index is 12.6. The Kier molecular flexibility index (Phi) is 3.75. The highest BCUT2D eigenvalue weighted by Crippen LogP contribution is 2.18.